The number of hydrogen-bond acceptors (Lipinski definition) is 4. The maximum Gasteiger partial charge on any atom is 0.229 e. The van der Waals surface area contributed by atoms with Gasteiger partial charge in [-0.05, 0) is 46.9 Å². The minimum atomic E-state index is -3.29. The molecule has 7 heteroatoms. The fraction of sp³-hybridized carbons (Fsp3) is 0.167. The molecule has 2 N–H and O–H groups in total. The highest BCUT2D eigenvalue weighted by Crippen LogP contribution is 2.23. The molecule has 0 aliphatic carbocycles. The fourth-order valence-electron chi connectivity index (χ4n) is 1.56. The third-order valence-electron chi connectivity index (χ3n) is 2.30. The number of anilines is 2. The van der Waals surface area contributed by atoms with Crippen molar-refractivity contribution in [2.24, 2.45) is 0 Å². The average molecular weight is 392 g/mol. The van der Waals surface area contributed by atoms with Crippen molar-refractivity contribution in [3.63, 3.8) is 0 Å². The molecule has 0 unspecified atom stereocenters. The molecule has 2 aromatic rings. The van der Waals surface area contributed by atoms with Gasteiger partial charge in [0.15, 0.2) is 3.77 Å². The van der Waals surface area contributed by atoms with Crippen LogP contribution in [0.4, 0.5) is 11.4 Å². The molecular formula is C12H13IN2O3S. The zero-order chi connectivity index (χ0) is 13.9. The third kappa shape index (κ3) is 4.43. The van der Waals surface area contributed by atoms with Gasteiger partial charge >= 0.3 is 0 Å². The van der Waals surface area contributed by atoms with E-state index in [2.05, 4.69) is 32.6 Å². The molecule has 102 valence electrons. The van der Waals surface area contributed by atoms with Crippen LogP contribution in [0.1, 0.15) is 5.76 Å². The van der Waals surface area contributed by atoms with Crippen LogP contribution in [0.15, 0.2) is 40.8 Å². The zero-order valence-corrected chi connectivity index (χ0v) is 13.2. The van der Waals surface area contributed by atoms with E-state index in [0.717, 1.165) is 15.8 Å². The van der Waals surface area contributed by atoms with Crippen molar-refractivity contribution < 1.29 is 12.8 Å². The van der Waals surface area contributed by atoms with Crippen LogP contribution < -0.4 is 10.0 Å². The lowest BCUT2D eigenvalue weighted by atomic mass is 10.2. The predicted molar refractivity (Wildman–Crippen MR) is 83.7 cm³/mol. The van der Waals surface area contributed by atoms with Gasteiger partial charge in [0.1, 0.15) is 5.76 Å². The van der Waals surface area contributed by atoms with E-state index in [-0.39, 0.29) is 0 Å². The first kappa shape index (κ1) is 14.2. The Morgan fingerprint density at radius 1 is 1.16 bits per heavy atom. The highest BCUT2D eigenvalue weighted by atomic mass is 127. The summed E-state index contributed by atoms with van der Waals surface area (Å²) in [5.41, 5.74) is 1.23. The summed E-state index contributed by atoms with van der Waals surface area (Å²) in [6.45, 7) is 0.492. The van der Waals surface area contributed by atoms with E-state index in [1.54, 1.807) is 18.2 Å². The Morgan fingerprint density at radius 2 is 1.84 bits per heavy atom. The second kappa shape index (κ2) is 5.83. The van der Waals surface area contributed by atoms with Crippen molar-refractivity contribution in [2.45, 2.75) is 6.54 Å². The van der Waals surface area contributed by atoms with Gasteiger partial charge < -0.3 is 9.73 Å². The summed E-state index contributed by atoms with van der Waals surface area (Å²) < 4.78 is 31.3. The Labute approximate surface area is 125 Å². The van der Waals surface area contributed by atoms with Gasteiger partial charge in [-0.2, -0.15) is 0 Å². The Balaban J connectivity index is 2.11. The lowest BCUT2D eigenvalue weighted by molar-refractivity contribution is 0.493. The Kier molecular flexibility index (Phi) is 4.35. The molecule has 19 heavy (non-hydrogen) atoms. The summed E-state index contributed by atoms with van der Waals surface area (Å²) in [5, 5.41) is 3.14. The van der Waals surface area contributed by atoms with Crippen molar-refractivity contribution in [2.75, 3.05) is 16.3 Å². The Bertz CT molecular complexity index is 667. The van der Waals surface area contributed by atoms with Crippen LogP contribution in [0.25, 0.3) is 0 Å². The van der Waals surface area contributed by atoms with Crippen LogP contribution in [0, 0.1) is 3.77 Å². The van der Waals surface area contributed by atoms with E-state index < -0.39 is 10.0 Å². The van der Waals surface area contributed by atoms with Crippen LogP contribution in [-0.2, 0) is 16.6 Å². The van der Waals surface area contributed by atoms with E-state index in [4.69, 9.17) is 4.42 Å². The van der Waals surface area contributed by atoms with Crippen molar-refractivity contribution in [1.82, 2.24) is 0 Å². The molecule has 0 saturated carbocycles. The van der Waals surface area contributed by atoms with Crippen molar-refractivity contribution in [3.05, 3.63) is 45.9 Å². The Morgan fingerprint density at radius 3 is 2.42 bits per heavy atom. The van der Waals surface area contributed by atoms with Gasteiger partial charge in [0.25, 0.3) is 0 Å². The van der Waals surface area contributed by atoms with Gasteiger partial charge in [0, 0.05) is 0 Å². The summed E-state index contributed by atoms with van der Waals surface area (Å²) in [4.78, 5) is 0. The first-order chi connectivity index (χ1) is 8.94. The van der Waals surface area contributed by atoms with Crippen LogP contribution in [-0.4, -0.2) is 14.7 Å². The third-order valence-corrected chi connectivity index (χ3v) is 3.47. The highest BCUT2D eigenvalue weighted by molar-refractivity contribution is 14.1. The average Bonchev–Trinajstić information content (AvgIpc) is 2.72. The van der Waals surface area contributed by atoms with Gasteiger partial charge in [0.05, 0.1) is 24.2 Å². The number of furan rings is 1. The smallest absolute Gasteiger partial charge is 0.229 e. The maximum absolute atomic E-state index is 11.3. The number of rotatable bonds is 5. The number of halogens is 1. The molecule has 0 aliphatic rings. The summed E-state index contributed by atoms with van der Waals surface area (Å²) in [6.07, 6.45) is 1.12. The SMILES string of the molecule is CS(=O)(=O)Nc1ccccc1NCc1ccc(I)o1. The van der Waals surface area contributed by atoms with Crippen molar-refractivity contribution >= 4 is 44.0 Å². The maximum atomic E-state index is 11.3. The van der Waals surface area contributed by atoms with Crippen molar-refractivity contribution in [3.8, 4) is 0 Å². The molecule has 0 spiro atoms. The van der Waals surface area contributed by atoms with Crippen LogP contribution in [0.5, 0.6) is 0 Å². The number of hydrogen-bond donors (Lipinski definition) is 2. The minimum Gasteiger partial charge on any atom is -0.454 e. The van der Waals surface area contributed by atoms with E-state index in [1.807, 2.05) is 18.2 Å². The van der Waals surface area contributed by atoms with Gasteiger partial charge in [-0.25, -0.2) is 8.42 Å². The van der Waals surface area contributed by atoms with Gasteiger partial charge in [0.2, 0.25) is 10.0 Å². The number of sulfonamides is 1. The second-order valence-corrected chi connectivity index (χ2v) is 6.79. The van der Waals surface area contributed by atoms with Crippen LogP contribution in [0.3, 0.4) is 0 Å². The van der Waals surface area contributed by atoms with Crippen LogP contribution in [0.2, 0.25) is 0 Å². The molecule has 0 saturated heterocycles. The summed E-state index contributed by atoms with van der Waals surface area (Å²) in [5.74, 6) is 0.790. The standard InChI is InChI=1S/C12H13IN2O3S/c1-19(16,17)15-11-5-3-2-4-10(11)14-8-9-6-7-12(13)18-9/h2-7,14-15H,8H2,1H3. The quantitative estimate of drug-likeness (QED) is 0.768. The molecule has 0 atom stereocenters. The van der Waals surface area contributed by atoms with E-state index in [0.29, 0.717) is 17.9 Å². The molecule has 0 bridgehead atoms. The molecule has 0 amide bonds. The molecule has 1 aromatic heterocycles. The topological polar surface area (TPSA) is 71.3 Å². The fourth-order valence-corrected chi connectivity index (χ4v) is 2.60. The molecule has 1 heterocycles. The number of benzene rings is 1. The molecule has 2 rings (SSSR count). The van der Waals surface area contributed by atoms with E-state index in [1.165, 1.54) is 0 Å². The van der Waals surface area contributed by atoms with Gasteiger partial charge in [-0.15, -0.1) is 0 Å². The van der Waals surface area contributed by atoms with E-state index in [9.17, 15) is 8.42 Å². The summed E-state index contributed by atoms with van der Waals surface area (Å²) in [7, 11) is -3.29. The predicted octanol–water partition coefficient (Wildman–Crippen LogP) is 2.87. The first-order valence-electron chi connectivity index (χ1n) is 5.49. The number of para-hydroxylation sites is 2. The largest absolute Gasteiger partial charge is 0.454 e. The van der Waals surface area contributed by atoms with Gasteiger partial charge in [-0.1, -0.05) is 12.1 Å². The molecular weight excluding hydrogens is 379 g/mol. The minimum absolute atomic E-state index is 0.492. The van der Waals surface area contributed by atoms with Crippen LogP contribution >= 0.6 is 22.6 Å². The Hall–Kier alpha value is -1.22. The first-order valence-corrected chi connectivity index (χ1v) is 8.46. The second-order valence-electron chi connectivity index (χ2n) is 3.98. The molecule has 0 aliphatic heterocycles. The normalized spacial score (nSPS) is 11.3. The highest BCUT2D eigenvalue weighted by Gasteiger charge is 2.07. The summed E-state index contributed by atoms with van der Waals surface area (Å²) >= 11 is 2.09. The number of nitrogens with one attached hydrogen (secondary N) is 2. The molecule has 0 radical (unpaired) electrons. The summed E-state index contributed by atoms with van der Waals surface area (Å²) in [6, 6.07) is 10.9. The monoisotopic (exact) mass is 392 g/mol. The molecule has 5 nitrogen and oxygen atoms in total. The van der Waals surface area contributed by atoms with E-state index >= 15 is 0 Å². The zero-order valence-electron chi connectivity index (χ0n) is 10.2. The van der Waals surface area contributed by atoms with Crippen molar-refractivity contribution in [1.29, 1.82) is 0 Å². The lowest BCUT2D eigenvalue weighted by Crippen LogP contribution is -2.11. The molecule has 0 fully saturated rings. The lowest BCUT2D eigenvalue weighted by Gasteiger charge is -2.11. The van der Waals surface area contributed by atoms with Gasteiger partial charge in [-0.3, -0.25) is 4.72 Å². The molecule has 1 aromatic carbocycles.